The van der Waals surface area contributed by atoms with Gasteiger partial charge in [0.2, 0.25) is 0 Å². The predicted molar refractivity (Wildman–Crippen MR) is 128 cm³/mol. The van der Waals surface area contributed by atoms with Crippen molar-refractivity contribution in [1.29, 1.82) is 0 Å². The number of fused-ring (bicyclic) bond motifs is 1. The number of aromatic nitrogens is 5. The van der Waals surface area contributed by atoms with Gasteiger partial charge in [0.1, 0.15) is 11.6 Å². The number of pyridine rings is 3. The van der Waals surface area contributed by atoms with Crippen LogP contribution in [-0.2, 0) is 7.05 Å². The molecule has 9 nitrogen and oxygen atoms in total. The van der Waals surface area contributed by atoms with Crippen LogP contribution in [0.4, 0.5) is 11.6 Å². The maximum atomic E-state index is 12.9. The molecule has 1 amide bonds. The van der Waals surface area contributed by atoms with Crippen LogP contribution in [0.25, 0.3) is 22.0 Å². The van der Waals surface area contributed by atoms with Crippen LogP contribution in [0, 0.1) is 0 Å². The Bertz CT molecular complexity index is 1290. The SMILES string of the molecule is CN1CCC(Nc2cc(C(=O)Nc3cc4cc(-c5cnn(C)c5)ncc4cn3)ccn2)CC1. The van der Waals surface area contributed by atoms with Crippen LogP contribution >= 0.6 is 0 Å². The third kappa shape index (κ3) is 4.83. The summed E-state index contributed by atoms with van der Waals surface area (Å²) in [5.74, 6) is 0.977. The third-order valence-corrected chi connectivity index (χ3v) is 5.94. The number of rotatable bonds is 5. The monoisotopic (exact) mass is 442 g/mol. The molecule has 5 rings (SSSR count). The van der Waals surface area contributed by atoms with Crippen molar-refractivity contribution in [2.75, 3.05) is 30.8 Å². The summed E-state index contributed by atoms with van der Waals surface area (Å²) < 4.78 is 1.74. The molecule has 1 aliphatic rings. The first-order valence-electron chi connectivity index (χ1n) is 11.0. The Morgan fingerprint density at radius 2 is 1.79 bits per heavy atom. The number of amides is 1. The van der Waals surface area contributed by atoms with Crippen molar-refractivity contribution >= 4 is 28.3 Å². The lowest BCUT2D eigenvalue weighted by molar-refractivity contribution is 0.102. The Balaban J connectivity index is 1.31. The van der Waals surface area contributed by atoms with Gasteiger partial charge in [-0.1, -0.05) is 0 Å². The molecule has 33 heavy (non-hydrogen) atoms. The van der Waals surface area contributed by atoms with Crippen LogP contribution in [-0.4, -0.2) is 61.7 Å². The van der Waals surface area contributed by atoms with E-state index in [9.17, 15) is 4.79 Å². The molecule has 0 unspecified atom stereocenters. The molecule has 1 aliphatic heterocycles. The maximum Gasteiger partial charge on any atom is 0.257 e. The highest BCUT2D eigenvalue weighted by Crippen LogP contribution is 2.23. The van der Waals surface area contributed by atoms with Gasteiger partial charge in [-0.2, -0.15) is 5.10 Å². The molecule has 4 aromatic rings. The first-order chi connectivity index (χ1) is 16.0. The van der Waals surface area contributed by atoms with E-state index in [0.29, 0.717) is 17.4 Å². The summed E-state index contributed by atoms with van der Waals surface area (Å²) in [6.45, 7) is 2.12. The second-order valence-corrected chi connectivity index (χ2v) is 8.49. The lowest BCUT2D eigenvalue weighted by Gasteiger charge is -2.29. The summed E-state index contributed by atoms with van der Waals surface area (Å²) in [6, 6.07) is 7.70. The van der Waals surface area contributed by atoms with Gasteiger partial charge in [-0.3, -0.25) is 14.5 Å². The number of nitrogens with one attached hydrogen (secondary N) is 2. The molecule has 0 spiro atoms. The van der Waals surface area contributed by atoms with E-state index in [1.165, 1.54) is 0 Å². The van der Waals surface area contributed by atoms with Crippen LogP contribution < -0.4 is 10.6 Å². The lowest BCUT2D eigenvalue weighted by Crippen LogP contribution is -2.36. The van der Waals surface area contributed by atoms with E-state index >= 15 is 0 Å². The molecule has 4 aromatic heterocycles. The standard InChI is InChI=1S/C24H26N8O/c1-31-7-4-20(5-8-31)29-22-10-16(3-6-25-22)24(33)30-23-11-17-9-21(19-14-28-32(2)15-19)26-12-18(17)13-27-23/h3,6,9-15,20H,4-5,7-8H2,1-2H3,(H,25,29)(H,27,30,33). The summed E-state index contributed by atoms with van der Waals surface area (Å²) >= 11 is 0. The highest BCUT2D eigenvalue weighted by molar-refractivity contribution is 6.04. The number of piperidine rings is 1. The molecule has 9 heteroatoms. The minimum Gasteiger partial charge on any atom is -0.367 e. The van der Waals surface area contributed by atoms with Gasteiger partial charge in [0, 0.05) is 54.4 Å². The number of likely N-dealkylation sites (tertiary alicyclic amines) is 1. The van der Waals surface area contributed by atoms with Gasteiger partial charge in [-0.05, 0) is 62.6 Å². The van der Waals surface area contributed by atoms with Crippen LogP contribution in [0.3, 0.4) is 0 Å². The second kappa shape index (κ2) is 8.95. The van der Waals surface area contributed by atoms with Crippen molar-refractivity contribution in [3.05, 3.63) is 60.8 Å². The molecule has 0 aromatic carbocycles. The number of nitrogens with zero attached hydrogens (tertiary/aromatic N) is 6. The summed E-state index contributed by atoms with van der Waals surface area (Å²) in [4.78, 5) is 28.5. The van der Waals surface area contributed by atoms with Gasteiger partial charge >= 0.3 is 0 Å². The minimum atomic E-state index is -0.225. The fraction of sp³-hybridized carbons (Fsp3) is 0.292. The van der Waals surface area contributed by atoms with E-state index in [2.05, 4.69) is 42.6 Å². The Hall–Kier alpha value is -3.85. The molecule has 0 aliphatic carbocycles. The van der Waals surface area contributed by atoms with Crippen molar-refractivity contribution in [3.8, 4) is 11.3 Å². The minimum absolute atomic E-state index is 0.225. The van der Waals surface area contributed by atoms with Gasteiger partial charge < -0.3 is 15.5 Å². The highest BCUT2D eigenvalue weighted by Gasteiger charge is 2.17. The quantitative estimate of drug-likeness (QED) is 0.489. The second-order valence-electron chi connectivity index (χ2n) is 8.49. The lowest BCUT2D eigenvalue weighted by atomic mass is 10.1. The summed E-state index contributed by atoms with van der Waals surface area (Å²) in [5.41, 5.74) is 2.29. The van der Waals surface area contributed by atoms with Crippen molar-refractivity contribution in [1.82, 2.24) is 29.6 Å². The van der Waals surface area contributed by atoms with E-state index < -0.39 is 0 Å². The molecule has 1 fully saturated rings. The van der Waals surface area contributed by atoms with Gasteiger partial charge in [0.25, 0.3) is 5.91 Å². The van der Waals surface area contributed by atoms with Gasteiger partial charge in [0.05, 0.1) is 11.9 Å². The average molecular weight is 443 g/mol. The summed E-state index contributed by atoms with van der Waals surface area (Å²) in [7, 11) is 4.01. The predicted octanol–water partition coefficient (Wildman–Crippen LogP) is 3.18. The van der Waals surface area contributed by atoms with Crippen LogP contribution in [0.1, 0.15) is 23.2 Å². The first kappa shape index (κ1) is 21.0. The average Bonchev–Trinajstić information content (AvgIpc) is 3.26. The van der Waals surface area contributed by atoms with E-state index in [1.54, 1.807) is 41.6 Å². The molecular weight excluding hydrogens is 416 g/mol. The van der Waals surface area contributed by atoms with E-state index in [0.717, 1.165) is 53.8 Å². The Labute approximate surface area is 191 Å². The Morgan fingerprint density at radius 1 is 0.970 bits per heavy atom. The molecule has 2 N–H and O–H groups in total. The number of carbonyl (C=O) groups excluding carboxylic acids is 1. The van der Waals surface area contributed by atoms with E-state index in [-0.39, 0.29) is 5.91 Å². The molecule has 0 atom stereocenters. The van der Waals surface area contributed by atoms with Gasteiger partial charge in [-0.25, -0.2) is 9.97 Å². The van der Waals surface area contributed by atoms with Crippen LogP contribution in [0.5, 0.6) is 0 Å². The molecule has 0 bridgehead atoms. The fourth-order valence-corrected chi connectivity index (χ4v) is 4.02. The Morgan fingerprint density at radius 3 is 2.58 bits per heavy atom. The summed E-state index contributed by atoms with van der Waals surface area (Å²) in [6.07, 6.45) is 11.0. The van der Waals surface area contributed by atoms with Gasteiger partial charge in [-0.15, -0.1) is 0 Å². The number of anilines is 2. The van der Waals surface area contributed by atoms with E-state index in [1.807, 2.05) is 25.4 Å². The zero-order chi connectivity index (χ0) is 22.8. The zero-order valence-electron chi connectivity index (χ0n) is 18.7. The van der Waals surface area contributed by atoms with Crippen molar-refractivity contribution < 1.29 is 4.79 Å². The molecule has 1 saturated heterocycles. The number of carbonyl (C=O) groups is 1. The Kier molecular flexibility index (Phi) is 5.70. The maximum absolute atomic E-state index is 12.9. The van der Waals surface area contributed by atoms with Crippen molar-refractivity contribution in [2.45, 2.75) is 18.9 Å². The van der Waals surface area contributed by atoms with Crippen molar-refractivity contribution in [2.24, 2.45) is 7.05 Å². The zero-order valence-corrected chi connectivity index (χ0v) is 18.7. The van der Waals surface area contributed by atoms with Crippen molar-refractivity contribution in [3.63, 3.8) is 0 Å². The largest absolute Gasteiger partial charge is 0.367 e. The van der Waals surface area contributed by atoms with Gasteiger partial charge in [0.15, 0.2) is 0 Å². The number of hydrogen-bond acceptors (Lipinski definition) is 7. The number of hydrogen-bond donors (Lipinski definition) is 2. The number of aryl methyl sites for hydroxylation is 1. The van der Waals surface area contributed by atoms with E-state index in [4.69, 9.17) is 0 Å². The van der Waals surface area contributed by atoms with Crippen LogP contribution in [0.15, 0.2) is 55.2 Å². The highest BCUT2D eigenvalue weighted by atomic mass is 16.1. The smallest absolute Gasteiger partial charge is 0.257 e. The molecule has 5 heterocycles. The topological polar surface area (TPSA) is 101 Å². The normalized spacial score (nSPS) is 15.0. The molecule has 0 radical (unpaired) electrons. The molecular formula is C24H26N8O. The first-order valence-corrected chi connectivity index (χ1v) is 11.0. The molecule has 168 valence electrons. The summed E-state index contributed by atoms with van der Waals surface area (Å²) in [5, 5.41) is 12.4. The third-order valence-electron chi connectivity index (χ3n) is 5.94. The fourth-order valence-electron chi connectivity index (χ4n) is 4.02. The molecule has 0 saturated carbocycles. The van der Waals surface area contributed by atoms with Crippen LogP contribution in [0.2, 0.25) is 0 Å².